The zero-order valence-electron chi connectivity index (χ0n) is 12.0. The zero-order chi connectivity index (χ0) is 13.8. The van der Waals surface area contributed by atoms with Crippen LogP contribution in [0.4, 0.5) is 11.5 Å². The molecular weight excluding hydrogens is 252 g/mol. The molecule has 0 bridgehead atoms. The summed E-state index contributed by atoms with van der Waals surface area (Å²) in [6.07, 6.45) is 5.21. The molecule has 5 nitrogen and oxygen atoms in total. The maximum absolute atomic E-state index is 5.90. The van der Waals surface area contributed by atoms with E-state index in [0.717, 1.165) is 25.5 Å². The summed E-state index contributed by atoms with van der Waals surface area (Å²) in [6, 6.07) is 3.79. The number of hydrogen-bond acceptors (Lipinski definition) is 5. The molecule has 0 spiro atoms. The Hall–Kier alpha value is -1.49. The van der Waals surface area contributed by atoms with Gasteiger partial charge in [-0.05, 0) is 56.8 Å². The number of ether oxygens (including phenoxy) is 1. The second-order valence-corrected chi connectivity index (χ2v) is 5.82. The number of rotatable bonds is 7. The molecule has 0 amide bonds. The largest absolute Gasteiger partial charge is 0.476 e. The highest BCUT2D eigenvalue weighted by atomic mass is 16.5. The second kappa shape index (κ2) is 6.31. The van der Waals surface area contributed by atoms with E-state index in [9.17, 15) is 0 Å². The lowest BCUT2D eigenvalue weighted by Crippen LogP contribution is -2.26. The number of pyridine rings is 1. The van der Waals surface area contributed by atoms with E-state index in [2.05, 4.69) is 15.2 Å². The number of nitrogens with zero attached hydrogens (tertiary/aromatic N) is 2. The molecule has 110 valence electrons. The fourth-order valence-corrected chi connectivity index (χ4v) is 2.49. The lowest BCUT2D eigenvalue weighted by Gasteiger charge is -2.15. The van der Waals surface area contributed by atoms with Gasteiger partial charge in [0.1, 0.15) is 5.82 Å². The van der Waals surface area contributed by atoms with Crippen molar-refractivity contribution in [1.82, 2.24) is 9.88 Å². The molecule has 0 atom stereocenters. The smallest absolute Gasteiger partial charge is 0.239 e. The summed E-state index contributed by atoms with van der Waals surface area (Å²) in [5, 5.41) is 3.35. The van der Waals surface area contributed by atoms with Crippen LogP contribution in [0, 0.1) is 5.92 Å². The molecule has 1 aromatic heterocycles. The van der Waals surface area contributed by atoms with Gasteiger partial charge in [-0.2, -0.15) is 4.98 Å². The summed E-state index contributed by atoms with van der Waals surface area (Å²) in [5.41, 5.74) is 6.52. The van der Waals surface area contributed by atoms with Crippen molar-refractivity contribution >= 4 is 11.5 Å². The van der Waals surface area contributed by atoms with Crippen LogP contribution < -0.4 is 15.8 Å². The van der Waals surface area contributed by atoms with Crippen LogP contribution in [0.15, 0.2) is 12.1 Å². The van der Waals surface area contributed by atoms with Gasteiger partial charge in [0, 0.05) is 13.1 Å². The predicted molar refractivity (Wildman–Crippen MR) is 81.0 cm³/mol. The summed E-state index contributed by atoms with van der Waals surface area (Å²) in [6.45, 7) is 5.19. The molecule has 0 unspecified atom stereocenters. The Labute approximate surface area is 120 Å². The van der Waals surface area contributed by atoms with Gasteiger partial charge in [-0.3, -0.25) is 0 Å². The molecular formula is C15H24N4O. The number of aromatic nitrogens is 1. The minimum atomic E-state index is 0.572. The minimum Gasteiger partial charge on any atom is -0.476 e. The Morgan fingerprint density at radius 3 is 2.85 bits per heavy atom. The SMILES string of the molecule is Nc1ccc(NCCN2CCCC2)nc1OCC1CC1. The first-order chi connectivity index (χ1) is 9.81. The molecule has 1 saturated heterocycles. The third kappa shape index (κ3) is 3.76. The highest BCUT2D eigenvalue weighted by Crippen LogP contribution is 2.30. The van der Waals surface area contributed by atoms with Gasteiger partial charge in [0.15, 0.2) is 0 Å². The standard InChI is InChI=1S/C15H24N4O/c16-13-5-6-14(17-7-10-19-8-1-2-9-19)18-15(13)20-11-12-3-4-12/h5-6,12H,1-4,7-11,16H2,(H,17,18). The number of nitrogens with two attached hydrogens (primary N) is 1. The molecule has 3 N–H and O–H groups in total. The number of nitrogen functional groups attached to an aromatic ring is 1. The quantitative estimate of drug-likeness (QED) is 0.797. The van der Waals surface area contributed by atoms with Crippen molar-refractivity contribution in [2.75, 3.05) is 43.8 Å². The topological polar surface area (TPSA) is 63.4 Å². The summed E-state index contributed by atoms with van der Waals surface area (Å²) >= 11 is 0. The van der Waals surface area contributed by atoms with Gasteiger partial charge in [-0.15, -0.1) is 0 Å². The van der Waals surface area contributed by atoms with E-state index in [4.69, 9.17) is 10.5 Å². The van der Waals surface area contributed by atoms with Crippen molar-refractivity contribution in [3.8, 4) is 5.88 Å². The van der Waals surface area contributed by atoms with Crippen LogP contribution >= 0.6 is 0 Å². The highest BCUT2D eigenvalue weighted by Gasteiger charge is 2.22. The monoisotopic (exact) mass is 276 g/mol. The Kier molecular flexibility index (Phi) is 4.25. The summed E-state index contributed by atoms with van der Waals surface area (Å²) in [5.74, 6) is 2.13. The Bertz CT molecular complexity index is 441. The van der Waals surface area contributed by atoms with E-state index in [1.165, 1.54) is 38.8 Å². The highest BCUT2D eigenvalue weighted by molar-refractivity contribution is 5.53. The first-order valence-electron chi connectivity index (χ1n) is 7.67. The van der Waals surface area contributed by atoms with E-state index in [1.54, 1.807) is 0 Å². The van der Waals surface area contributed by atoms with E-state index in [-0.39, 0.29) is 0 Å². The first-order valence-corrected chi connectivity index (χ1v) is 7.67. The van der Waals surface area contributed by atoms with E-state index >= 15 is 0 Å². The number of hydrogen-bond donors (Lipinski definition) is 2. The van der Waals surface area contributed by atoms with Gasteiger partial charge < -0.3 is 20.7 Å². The molecule has 3 rings (SSSR count). The van der Waals surface area contributed by atoms with Gasteiger partial charge >= 0.3 is 0 Å². The summed E-state index contributed by atoms with van der Waals surface area (Å²) < 4.78 is 5.69. The van der Waals surface area contributed by atoms with Crippen molar-refractivity contribution in [2.24, 2.45) is 5.92 Å². The molecule has 1 aromatic rings. The molecule has 1 saturated carbocycles. The van der Waals surface area contributed by atoms with Crippen LogP contribution in [0.1, 0.15) is 25.7 Å². The van der Waals surface area contributed by atoms with Crippen LogP contribution in [0.3, 0.4) is 0 Å². The molecule has 5 heteroatoms. The fraction of sp³-hybridized carbons (Fsp3) is 0.667. The third-order valence-electron chi connectivity index (χ3n) is 3.98. The van der Waals surface area contributed by atoms with Crippen molar-refractivity contribution in [3.63, 3.8) is 0 Å². The second-order valence-electron chi connectivity index (χ2n) is 5.82. The molecule has 2 heterocycles. The maximum atomic E-state index is 5.90. The molecule has 1 aliphatic heterocycles. The maximum Gasteiger partial charge on any atom is 0.239 e. The van der Waals surface area contributed by atoms with Crippen LogP contribution in [0.25, 0.3) is 0 Å². The Morgan fingerprint density at radius 2 is 2.10 bits per heavy atom. The van der Waals surface area contributed by atoms with Crippen LogP contribution in [-0.2, 0) is 0 Å². The van der Waals surface area contributed by atoms with Crippen LogP contribution in [-0.4, -0.2) is 42.7 Å². The molecule has 1 aliphatic carbocycles. The predicted octanol–water partition coefficient (Wildman–Crippen LogP) is 1.96. The lowest BCUT2D eigenvalue weighted by molar-refractivity contribution is 0.290. The average Bonchev–Trinajstić information content (AvgIpc) is 3.14. The van der Waals surface area contributed by atoms with Crippen molar-refractivity contribution in [3.05, 3.63) is 12.1 Å². The van der Waals surface area contributed by atoms with Crippen LogP contribution in [0.2, 0.25) is 0 Å². The van der Waals surface area contributed by atoms with E-state index in [1.807, 2.05) is 12.1 Å². The van der Waals surface area contributed by atoms with E-state index in [0.29, 0.717) is 17.5 Å². The fourth-order valence-electron chi connectivity index (χ4n) is 2.49. The number of likely N-dealkylation sites (tertiary alicyclic amines) is 1. The molecule has 2 aliphatic rings. The van der Waals surface area contributed by atoms with Gasteiger partial charge in [0.2, 0.25) is 5.88 Å². The molecule has 0 radical (unpaired) electrons. The number of anilines is 2. The lowest BCUT2D eigenvalue weighted by atomic mass is 10.4. The van der Waals surface area contributed by atoms with Crippen molar-refractivity contribution in [2.45, 2.75) is 25.7 Å². The average molecular weight is 276 g/mol. The Balaban J connectivity index is 1.48. The van der Waals surface area contributed by atoms with Crippen molar-refractivity contribution < 1.29 is 4.74 Å². The molecule has 2 fully saturated rings. The van der Waals surface area contributed by atoms with Gasteiger partial charge in [-0.1, -0.05) is 0 Å². The van der Waals surface area contributed by atoms with Gasteiger partial charge in [-0.25, -0.2) is 0 Å². The Morgan fingerprint density at radius 1 is 1.30 bits per heavy atom. The van der Waals surface area contributed by atoms with Crippen molar-refractivity contribution in [1.29, 1.82) is 0 Å². The molecule has 20 heavy (non-hydrogen) atoms. The molecule has 0 aromatic carbocycles. The zero-order valence-corrected chi connectivity index (χ0v) is 12.0. The first kappa shape index (κ1) is 13.5. The number of nitrogens with one attached hydrogen (secondary N) is 1. The minimum absolute atomic E-state index is 0.572. The van der Waals surface area contributed by atoms with E-state index < -0.39 is 0 Å². The van der Waals surface area contributed by atoms with Gasteiger partial charge in [0.25, 0.3) is 0 Å². The van der Waals surface area contributed by atoms with Gasteiger partial charge in [0.05, 0.1) is 12.3 Å². The van der Waals surface area contributed by atoms with Crippen LogP contribution in [0.5, 0.6) is 5.88 Å². The summed E-state index contributed by atoms with van der Waals surface area (Å²) in [7, 11) is 0. The summed E-state index contributed by atoms with van der Waals surface area (Å²) in [4.78, 5) is 6.94. The normalized spacial score (nSPS) is 19.2. The third-order valence-corrected chi connectivity index (χ3v) is 3.98.